The lowest BCUT2D eigenvalue weighted by Crippen LogP contribution is -2.52. The molecule has 2 fully saturated rings. The number of piperidine rings is 1. The molecule has 0 unspecified atom stereocenters. The van der Waals surface area contributed by atoms with Crippen LogP contribution >= 0.6 is 0 Å². The van der Waals surface area contributed by atoms with E-state index in [-0.39, 0.29) is 11.8 Å². The first kappa shape index (κ1) is 22.7. The van der Waals surface area contributed by atoms with Crippen LogP contribution in [-0.2, 0) is 37.7 Å². The van der Waals surface area contributed by atoms with Crippen LogP contribution in [0.4, 0.5) is 0 Å². The maximum atomic E-state index is 13.1. The first-order valence-electron chi connectivity index (χ1n) is 11.0. The van der Waals surface area contributed by atoms with Crippen LogP contribution in [0.5, 0.6) is 0 Å². The summed E-state index contributed by atoms with van der Waals surface area (Å²) in [5.41, 5.74) is 2.40. The molecule has 3 aliphatic rings. The maximum absolute atomic E-state index is 13.1. The van der Waals surface area contributed by atoms with Gasteiger partial charge in [-0.25, -0.2) is 16.8 Å². The van der Waals surface area contributed by atoms with Crippen molar-refractivity contribution in [1.29, 1.82) is 0 Å². The number of carbonyl (C=O) groups is 1. The van der Waals surface area contributed by atoms with Crippen LogP contribution in [0.2, 0.25) is 0 Å². The Morgan fingerprint density at radius 2 is 1.45 bits per heavy atom. The summed E-state index contributed by atoms with van der Waals surface area (Å²) in [6, 6.07) is 5.51. The Balaban J connectivity index is 1.35. The topological polar surface area (TPSA) is 95.1 Å². The number of hydrogen-bond donors (Lipinski definition) is 0. The number of rotatable bonds is 4. The number of sulfonamides is 2. The van der Waals surface area contributed by atoms with E-state index in [0.717, 1.165) is 31.2 Å². The Morgan fingerprint density at radius 3 is 2.06 bits per heavy atom. The number of fused-ring (bicyclic) bond motifs is 1. The quantitative estimate of drug-likeness (QED) is 0.657. The van der Waals surface area contributed by atoms with Gasteiger partial charge in [0.25, 0.3) is 0 Å². The third kappa shape index (κ3) is 4.81. The largest absolute Gasteiger partial charge is 0.340 e. The number of carbonyl (C=O) groups excluding carboxylic acids is 1. The second kappa shape index (κ2) is 8.80. The molecule has 0 radical (unpaired) electrons. The smallest absolute Gasteiger partial charge is 0.243 e. The van der Waals surface area contributed by atoms with Crippen molar-refractivity contribution in [1.82, 2.24) is 13.5 Å². The van der Waals surface area contributed by atoms with Gasteiger partial charge < -0.3 is 4.90 Å². The summed E-state index contributed by atoms with van der Waals surface area (Å²) in [6.07, 6.45) is 6.38. The molecule has 1 aromatic carbocycles. The lowest BCUT2D eigenvalue weighted by atomic mass is 9.92. The average molecular weight is 470 g/mol. The van der Waals surface area contributed by atoms with Crippen LogP contribution in [0, 0.1) is 5.92 Å². The minimum absolute atomic E-state index is 0.0129. The van der Waals surface area contributed by atoms with Gasteiger partial charge in [0, 0.05) is 45.2 Å². The molecule has 4 rings (SSSR count). The van der Waals surface area contributed by atoms with Crippen molar-refractivity contribution in [2.24, 2.45) is 5.92 Å². The summed E-state index contributed by atoms with van der Waals surface area (Å²) in [7, 11) is -6.79. The Labute approximate surface area is 185 Å². The second-order valence-electron chi connectivity index (χ2n) is 8.80. The predicted octanol–water partition coefficient (Wildman–Crippen LogP) is 1.07. The number of hydrogen-bond acceptors (Lipinski definition) is 5. The van der Waals surface area contributed by atoms with Crippen molar-refractivity contribution in [2.75, 3.05) is 45.5 Å². The molecular weight excluding hydrogens is 438 g/mol. The monoisotopic (exact) mass is 469 g/mol. The third-order valence-electron chi connectivity index (χ3n) is 6.78. The van der Waals surface area contributed by atoms with Crippen LogP contribution < -0.4 is 0 Å². The zero-order valence-electron chi connectivity index (χ0n) is 18.0. The van der Waals surface area contributed by atoms with Crippen molar-refractivity contribution in [3.8, 4) is 0 Å². The molecule has 0 saturated carbocycles. The molecular formula is C21H31N3O5S2. The molecule has 2 heterocycles. The minimum atomic E-state index is -3.56. The molecule has 1 aliphatic carbocycles. The lowest BCUT2D eigenvalue weighted by Gasteiger charge is -2.37. The summed E-state index contributed by atoms with van der Waals surface area (Å²) in [6.45, 7) is 2.07. The first-order chi connectivity index (χ1) is 14.7. The van der Waals surface area contributed by atoms with E-state index < -0.39 is 20.0 Å². The first-order valence-corrected chi connectivity index (χ1v) is 14.3. The van der Waals surface area contributed by atoms with Crippen molar-refractivity contribution >= 4 is 26.0 Å². The van der Waals surface area contributed by atoms with Crippen molar-refractivity contribution in [2.45, 2.75) is 43.4 Å². The zero-order chi connectivity index (χ0) is 22.2. The molecule has 2 saturated heterocycles. The van der Waals surface area contributed by atoms with E-state index in [2.05, 4.69) is 0 Å². The molecule has 2 aliphatic heterocycles. The van der Waals surface area contributed by atoms with E-state index in [1.54, 1.807) is 11.0 Å². The summed E-state index contributed by atoms with van der Waals surface area (Å²) >= 11 is 0. The van der Waals surface area contributed by atoms with Gasteiger partial charge in [0.2, 0.25) is 26.0 Å². The van der Waals surface area contributed by atoms with Crippen LogP contribution in [0.15, 0.2) is 23.1 Å². The molecule has 8 nitrogen and oxygen atoms in total. The van der Waals surface area contributed by atoms with E-state index in [0.29, 0.717) is 57.0 Å². The lowest BCUT2D eigenvalue weighted by molar-refractivity contribution is -0.137. The van der Waals surface area contributed by atoms with Crippen LogP contribution in [0.1, 0.15) is 36.8 Å². The van der Waals surface area contributed by atoms with Gasteiger partial charge in [0.1, 0.15) is 0 Å². The average Bonchev–Trinajstić information content (AvgIpc) is 2.78. The van der Waals surface area contributed by atoms with Gasteiger partial charge in [0.05, 0.1) is 11.2 Å². The van der Waals surface area contributed by atoms with E-state index in [9.17, 15) is 21.6 Å². The van der Waals surface area contributed by atoms with Crippen LogP contribution in [-0.4, -0.2) is 81.8 Å². The predicted molar refractivity (Wildman–Crippen MR) is 118 cm³/mol. The van der Waals surface area contributed by atoms with Gasteiger partial charge >= 0.3 is 0 Å². The fourth-order valence-corrected chi connectivity index (χ4v) is 7.21. The Kier molecular flexibility index (Phi) is 6.44. The van der Waals surface area contributed by atoms with E-state index in [4.69, 9.17) is 0 Å². The number of piperazine rings is 1. The molecule has 31 heavy (non-hydrogen) atoms. The number of nitrogens with zero attached hydrogens (tertiary/aromatic N) is 3. The van der Waals surface area contributed by atoms with Crippen LogP contribution in [0.3, 0.4) is 0 Å². The summed E-state index contributed by atoms with van der Waals surface area (Å²) in [5.74, 6) is -0.196. The van der Waals surface area contributed by atoms with E-state index >= 15 is 0 Å². The molecule has 10 heteroatoms. The standard InChI is InChI=1S/C21H31N3O5S2/c1-30(26,27)23-14-12-22(13-15-23)21(25)18-8-10-24(11-9-18)31(28,29)20-7-6-17-4-2-3-5-19(17)16-20/h6-7,16,18H,2-5,8-15H2,1H3. The number of benzene rings is 1. The zero-order valence-corrected chi connectivity index (χ0v) is 19.6. The highest BCUT2D eigenvalue weighted by molar-refractivity contribution is 7.89. The molecule has 1 amide bonds. The SMILES string of the molecule is CS(=O)(=O)N1CCN(C(=O)C2CCN(S(=O)(=O)c3ccc4c(c3)CCCC4)CC2)CC1. The molecule has 0 atom stereocenters. The van der Waals surface area contributed by atoms with Crippen molar-refractivity contribution in [3.05, 3.63) is 29.3 Å². The molecule has 172 valence electrons. The van der Waals surface area contributed by atoms with Gasteiger partial charge in [-0.2, -0.15) is 8.61 Å². The molecule has 0 bridgehead atoms. The molecule has 0 spiro atoms. The normalized spacial score (nSPS) is 22.3. The Hall–Kier alpha value is -1.49. The van der Waals surface area contributed by atoms with E-state index in [1.165, 1.54) is 20.4 Å². The fraction of sp³-hybridized carbons (Fsp3) is 0.667. The minimum Gasteiger partial charge on any atom is -0.340 e. The summed E-state index contributed by atoms with van der Waals surface area (Å²) in [5, 5.41) is 0. The number of aryl methyl sites for hydroxylation is 2. The summed E-state index contributed by atoms with van der Waals surface area (Å²) in [4.78, 5) is 15.0. The molecule has 0 N–H and O–H groups in total. The third-order valence-corrected chi connectivity index (χ3v) is 9.98. The highest BCUT2D eigenvalue weighted by atomic mass is 32.2. The fourth-order valence-electron chi connectivity index (χ4n) is 4.86. The van der Waals surface area contributed by atoms with Crippen molar-refractivity contribution < 1.29 is 21.6 Å². The summed E-state index contributed by atoms with van der Waals surface area (Å²) < 4.78 is 52.5. The Bertz CT molecular complexity index is 1040. The molecule has 0 aromatic heterocycles. The highest BCUT2D eigenvalue weighted by Gasteiger charge is 2.35. The maximum Gasteiger partial charge on any atom is 0.243 e. The van der Waals surface area contributed by atoms with Crippen LogP contribution in [0.25, 0.3) is 0 Å². The van der Waals surface area contributed by atoms with Gasteiger partial charge in [-0.15, -0.1) is 0 Å². The van der Waals surface area contributed by atoms with Gasteiger partial charge in [-0.3, -0.25) is 4.79 Å². The second-order valence-corrected chi connectivity index (χ2v) is 12.7. The Morgan fingerprint density at radius 1 is 0.839 bits per heavy atom. The van der Waals surface area contributed by atoms with Crippen molar-refractivity contribution in [3.63, 3.8) is 0 Å². The van der Waals surface area contributed by atoms with Gasteiger partial charge in [-0.05, 0) is 61.8 Å². The highest BCUT2D eigenvalue weighted by Crippen LogP contribution is 2.29. The van der Waals surface area contributed by atoms with E-state index in [1.807, 2.05) is 12.1 Å². The molecule has 1 aromatic rings. The number of amides is 1. The van der Waals surface area contributed by atoms with Gasteiger partial charge in [0.15, 0.2) is 0 Å². The van der Waals surface area contributed by atoms with Gasteiger partial charge in [-0.1, -0.05) is 6.07 Å².